The van der Waals surface area contributed by atoms with Crippen LogP contribution in [0.2, 0.25) is 0 Å². The lowest BCUT2D eigenvalue weighted by Crippen LogP contribution is -2.04. The van der Waals surface area contributed by atoms with Gasteiger partial charge in [0.1, 0.15) is 0 Å². The summed E-state index contributed by atoms with van der Waals surface area (Å²) < 4.78 is 26.7. The van der Waals surface area contributed by atoms with E-state index in [1.165, 1.54) is 17.4 Å². The number of carbonyl (C=O) groups is 1. The number of rotatable bonds is 3. The molecule has 0 radical (unpaired) electrons. The van der Waals surface area contributed by atoms with Crippen molar-refractivity contribution in [2.24, 2.45) is 0 Å². The van der Waals surface area contributed by atoms with Crippen LogP contribution in [0.1, 0.15) is 20.8 Å². The van der Waals surface area contributed by atoms with Gasteiger partial charge in [0.2, 0.25) is 0 Å². The first-order chi connectivity index (χ1) is 8.47. The molecule has 0 aliphatic rings. The van der Waals surface area contributed by atoms with Crippen molar-refractivity contribution in [3.05, 3.63) is 55.7 Å². The van der Waals surface area contributed by atoms with Gasteiger partial charge in [0.15, 0.2) is 17.4 Å². The molecular formula is C13H9BrF2OS. The molecular weight excluding hydrogens is 322 g/mol. The SMILES string of the molecule is Cc1sc(Br)cc1C(=O)Cc1ccc(F)c(F)c1. The molecule has 0 atom stereocenters. The maximum absolute atomic E-state index is 13.0. The van der Waals surface area contributed by atoms with E-state index in [0.29, 0.717) is 11.1 Å². The first-order valence-electron chi connectivity index (χ1n) is 5.20. The Morgan fingerprint density at radius 3 is 2.56 bits per heavy atom. The molecule has 0 unspecified atom stereocenters. The van der Waals surface area contributed by atoms with Crippen LogP contribution in [0.4, 0.5) is 8.78 Å². The molecule has 1 aromatic heterocycles. The summed E-state index contributed by atoms with van der Waals surface area (Å²) in [4.78, 5) is 12.9. The van der Waals surface area contributed by atoms with Crippen molar-refractivity contribution in [3.63, 3.8) is 0 Å². The molecule has 5 heteroatoms. The van der Waals surface area contributed by atoms with Crippen molar-refractivity contribution < 1.29 is 13.6 Å². The molecule has 18 heavy (non-hydrogen) atoms. The highest BCUT2D eigenvalue weighted by Gasteiger charge is 2.14. The number of Topliss-reactive ketones (excluding diaryl/α,β-unsaturated/α-hetero) is 1. The summed E-state index contributed by atoms with van der Waals surface area (Å²) in [5, 5.41) is 0. The van der Waals surface area contributed by atoms with E-state index in [2.05, 4.69) is 15.9 Å². The molecule has 1 aromatic carbocycles. The van der Waals surface area contributed by atoms with Gasteiger partial charge in [-0.3, -0.25) is 4.79 Å². The van der Waals surface area contributed by atoms with Crippen molar-refractivity contribution >= 4 is 33.0 Å². The van der Waals surface area contributed by atoms with Crippen molar-refractivity contribution in [3.8, 4) is 0 Å². The van der Waals surface area contributed by atoms with Crippen LogP contribution in [0.3, 0.4) is 0 Å². The smallest absolute Gasteiger partial charge is 0.168 e. The number of hydrogen-bond acceptors (Lipinski definition) is 2. The fraction of sp³-hybridized carbons (Fsp3) is 0.154. The molecule has 2 rings (SSSR count). The number of benzene rings is 1. The standard InChI is InChI=1S/C13H9BrF2OS/c1-7-9(6-13(14)18-7)12(17)5-8-2-3-10(15)11(16)4-8/h2-4,6H,5H2,1H3. The zero-order valence-corrected chi connectivity index (χ0v) is 11.9. The van der Waals surface area contributed by atoms with Crippen LogP contribution >= 0.6 is 27.3 Å². The van der Waals surface area contributed by atoms with Gasteiger partial charge >= 0.3 is 0 Å². The van der Waals surface area contributed by atoms with Crippen molar-refractivity contribution in [1.82, 2.24) is 0 Å². The zero-order chi connectivity index (χ0) is 13.3. The van der Waals surface area contributed by atoms with Gasteiger partial charge in [0.05, 0.1) is 3.79 Å². The third-order valence-electron chi connectivity index (χ3n) is 2.54. The summed E-state index contributed by atoms with van der Waals surface area (Å²) in [7, 11) is 0. The average Bonchev–Trinajstić information content (AvgIpc) is 2.63. The average molecular weight is 331 g/mol. The molecule has 0 aliphatic heterocycles. The van der Waals surface area contributed by atoms with Crippen LogP contribution in [-0.4, -0.2) is 5.78 Å². The lowest BCUT2D eigenvalue weighted by Gasteiger charge is -2.01. The molecule has 1 nitrogen and oxygen atoms in total. The van der Waals surface area contributed by atoms with Crippen LogP contribution in [0.5, 0.6) is 0 Å². The second-order valence-electron chi connectivity index (χ2n) is 3.87. The predicted octanol–water partition coefficient (Wildman–Crippen LogP) is 4.52. The van der Waals surface area contributed by atoms with Crippen LogP contribution < -0.4 is 0 Å². The molecule has 0 bridgehead atoms. The van der Waals surface area contributed by atoms with Crippen LogP contribution in [0, 0.1) is 18.6 Å². The fourth-order valence-corrected chi connectivity index (χ4v) is 3.36. The van der Waals surface area contributed by atoms with Gasteiger partial charge in [0.25, 0.3) is 0 Å². The highest BCUT2D eigenvalue weighted by molar-refractivity contribution is 9.11. The highest BCUT2D eigenvalue weighted by atomic mass is 79.9. The molecule has 94 valence electrons. The van der Waals surface area contributed by atoms with E-state index in [-0.39, 0.29) is 12.2 Å². The second-order valence-corrected chi connectivity index (χ2v) is 6.50. The van der Waals surface area contributed by atoms with Crippen molar-refractivity contribution in [2.75, 3.05) is 0 Å². The molecule has 0 saturated heterocycles. The maximum Gasteiger partial charge on any atom is 0.168 e. The van der Waals surface area contributed by atoms with E-state index in [1.807, 2.05) is 6.92 Å². The Bertz CT molecular complexity index is 607. The lowest BCUT2D eigenvalue weighted by molar-refractivity contribution is 0.0993. The number of thiophene rings is 1. The topological polar surface area (TPSA) is 17.1 Å². The normalized spacial score (nSPS) is 10.7. The van der Waals surface area contributed by atoms with Gasteiger partial charge in [-0.05, 0) is 46.6 Å². The second kappa shape index (κ2) is 5.28. The van der Waals surface area contributed by atoms with E-state index in [4.69, 9.17) is 0 Å². The summed E-state index contributed by atoms with van der Waals surface area (Å²) >= 11 is 4.79. The van der Waals surface area contributed by atoms with Gasteiger partial charge in [-0.25, -0.2) is 8.78 Å². The molecule has 0 amide bonds. The van der Waals surface area contributed by atoms with E-state index in [0.717, 1.165) is 20.8 Å². The Morgan fingerprint density at radius 1 is 1.28 bits per heavy atom. The molecule has 2 aromatic rings. The minimum Gasteiger partial charge on any atom is -0.294 e. The van der Waals surface area contributed by atoms with Gasteiger partial charge in [0, 0.05) is 16.9 Å². The number of carbonyl (C=O) groups excluding carboxylic acids is 1. The first-order valence-corrected chi connectivity index (χ1v) is 6.81. The van der Waals surface area contributed by atoms with Gasteiger partial charge in [-0.1, -0.05) is 6.07 Å². The molecule has 1 heterocycles. The first kappa shape index (κ1) is 13.4. The maximum atomic E-state index is 13.0. The molecule has 0 N–H and O–H groups in total. The molecule has 0 aliphatic carbocycles. The quantitative estimate of drug-likeness (QED) is 0.756. The summed E-state index contributed by atoms with van der Waals surface area (Å²) in [5.41, 5.74) is 1.09. The predicted molar refractivity (Wildman–Crippen MR) is 71.1 cm³/mol. The monoisotopic (exact) mass is 330 g/mol. The number of hydrogen-bond donors (Lipinski definition) is 0. The van der Waals surface area contributed by atoms with Gasteiger partial charge in [-0.15, -0.1) is 11.3 Å². The van der Waals surface area contributed by atoms with E-state index in [9.17, 15) is 13.6 Å². The third-order valence-corrected chi connectivity index (χ3v) is 4.09. The Hall–Kier alpha value is -1.07. The fourth-order valence-electron chi connectivity index (χ4n) is 1.65. The van der Waals surface area contributed by atoms with Crippen LogP contribution in [0.25, 0.3) is 0 Å². The van der Waals surface area contributed by atoms with E-state index < -0.39 is 11.6 Å². The Morgan fingerprint density at radius 2 is 2.00 bits per heavy atom. The summed E-state index contributed by atoms with van der Waals surface area (Å²) in [5.74, 6) is -1.93. The van der Waals surface area contributed by atoms with E-state index in [1.54, 1.807) is 6.07 Å². The molecule has 0 fully saturated rings. The molecule has 0 spiro atoms. The zero-order valence-electron chi connectivity index (χ0n) is 9.47. The largest absolute Gasteiger partial charge is 0.294 e. The Labute approximate surface area is 116 Å². The lowest BCUT2D eigenvalue weighted by atomic mass is 10.0. The van der Waals surface area contributed by atoms with Crippen LogP contribution in [-0.2, 0) is 6.42 Å². The summed E-state index contributed by atoms with van der Waals surface area (Å²) in [6.07, 6.45) is 0.0706. The number of ketones is 1. The Balaban J connectivity index is 2.21. The Kier molecular flexibility index (Phi) is 3.92. The molecule has 0 saturated carbocycles. The number of aryl methyl sites for hydroxylation is 1. The number of halogens is 3. The van der Waals surface area contributed by atoms with Crippen molar-refractivity contribution in [1.29, 1.82) is 0 Å². The van der Waals surface area contributed by atoms with Gasteiger partial charge < -0.3 is 0 Å². The highest BCUT2D eigenvalue weighted by Crippen LogP contribution is 2.27. The minimum absolute atomic E-state index is 0.0706. The summed E-state index contributed by atoms with van der Waals surface area (Å²) in [6, 6.07) is 5.27. The van der Waals surface area contributed by atoms with E-state index >= 15 is 0 Å². The van der Waals surface area contributed by atoms with Gasteiger partial charge in [-0.2, -0.15) is 0 Å². The van der Waals surface area contributed by atoms with Crippen molar-refractivity contribution in [2.45, 2.75) is 13.3 Å². The third kappa shape index (κ3) is 2.84. The summed E-state index contributed by atoms with van der Waals surface area (Å²) in [6.45, 7) is 1.86. The van der Waals surface area contributed by atoms with Crippen LogP contribution in [0.15, 0.2) is 28.1 Å². The minimum atomic E-state index is -0.927.